The highest BCUT2D eigenvalue weighted by Gasteiger charge is 1.96. The Morgan fingerprint density at radius 3 is 2.93 bits per heavy atom. The molecule has 1 aromatic rings. The maximum atomic E-state index is 10.2. The van der Waals surface area contributed by atoms with E-state index in [1.807, 2.05) is 24.3 Å². The molecular weight excluding hydrogens is 202 g/mol. The van der Waals surface area contributed by atoms with E-state index in [2.05, 4.69) is 5.32 Å². The fourth-order valence-electron chi connectivity index (χ4n) is 1.12. The highest BCUT2D eigenvalue weighted by Crippen LogP contribution is 2.10. The van der Waals surface area contributed by atoms with Crippen molar-refractivity contribution >= 4 is 17.6 Å². The molecule has 76 valence electrons. The Labute approximate surface area is 87.7 Å². The van der Waals surface area contributed by atoms with E-state index in [4.69, 9.17) is 16.7 Å². The molecule has 0 aliphatic rings. The Morgan fingerprint density at radius 1 is 1.50 bits per heavy atom. The highest BCUT2D eigenvalue weighted by molar-refractivity contribution is 6.30. The van der Waals surface area contributed by atoms with Crippen LogP contribution in [0.5, 0.6) is 0 Å². The van der Waals surface area contributed by atoms with Gasteiger partial charge in [0.1, 0.15) is 0 Å². The quantitative estimate of drug-likeness (QED) is 0.730. The average molecular weight is 214 g/mol. The summed E-state index contributed by atoms with van der Waals surface area (Å²) in [5.41, 5.74) is 1.11. The highest BCUT2D eigenvalue weighted by atomic mass is 35.5. The summed E-state index contributed by atoms with van der Waals surface area (Å²) >= 11 is 5.79. The lowest BCUT2D eigenvalue weighted by Gasteiger charge is -2.02. The third-order valence-corrected chi connectivity index (χ3v) is 1.99. The Bertz CT molecular complexity index is 315. The van der Waals surface area contributed by atoms with Gasteiger partial charge in [0, 0.05) is 5.02 Å². The summed E-state index contributed by atoms with van der Waals surface area (Å²) < 4.78 is 0. The minimum absolute atomic E-state index is 0.000561. The van der Waals surface area contributed by atoms with Gasteiger partial charge in [0.25, 0.3) is 0 Å². The number of aliphatic carboxylic acids is 1. The van der Waals surface area contributed by atoms with E-state index in [1.54, 1.807) is 0 Å². The van der Waals surface area contributed by atoms with E-state index in [1.165, 1.54) is 0 Å². The van der Waals surface area contributed by atoms with Crippen LogP contribution in [0, 0.1) is 0 Å². The summed E-state index contributed by atoms with van der Waals surface area (Å²) in [7, 11) is 0. The molecule has 0 amide bonds. The number of hydrogen-bond acceptors (Lipinski definition) is 2. The van der Waals surface area contributed by atoms with E-state index in [0.717, 1.165) is 12.0 Å². The molecule has 0 fully saturated rings. The van der Waals surface area contributed by atoms with Gasteiger partial charge >= 0.3 is 5.97 Å². The van der Waals surface area contributed by atoms with E-state index in [9.17, 15) is 4.79 Å². The van der Waals surface area contributed by atoms with E-state index >= 15 is 0 Å². The van der Waals surface area contributed by atoms with Crippen LogP contribution in [-0.2, 0) is 11.2 Å². The van der Waals surface area contributed by atoms with Crippen molar-refractivity contribution in [2.24, 2.45) is 0 Å². The molecule has 14 heavy (non-hydrogen) atoms. The molecule has 0 atom stereocenters. The minimum Gasteiger partial charge on any atom is -0.480 e. The van der Waals surface area contributed by atoms with Crippen molar-refractivity contribution in [2.75, 3.05) is 13.1 Å². The maximum absolute atomic E-state index is 10.2. The molecule has 1 aromatic carbocycles. The van der Waals surface area contributed by atoms with Gasteiger partial charge in [0.05, 0.1) is 6.54 Å². The maximum Gasteiger partial charge on any atom is 0.317 e. The summed E-state index contributed by atoms with van der Waals surface area (Å²) in [5.74, 6) is -0.837. The Hall–Kier alpha value is -1.06. The van der Waals surface area contributed by atoms with E-state index in [0.29, 0.717) is 11.6 Å². The molecule has 0 unspecified atom stereocenters. The fraction of sp³-hybridized carbons (Fsp3) is 0.300. The van der Waals surface area contributed by atoms with Gasteiger partial charge in [-0.1, -0.05) is 23.7 Å². The van der Waals surface area contributed by atoms with Crippen LogP contribution in [0.15, 0.2) is 24.3 Å². The van der Waals surface area contributed by atoms with Crippen LogP contribution < -0.4 is 5.32 Å². The van der Waals surface area contributed by atoms with Crippen molar-refractivity contribution in [1.29, 1.82) is 0 Å². The zero-order valence-corrected chi connectivity index (χ0v) is 8.42. The van der Waals surface area contributed by atoms with E-state index < -0.39 is 5.97 Å². The molecule has 3 nitrogen and oxygen atoms in total. The third-order valence-electron chi connectivity index (χ3n) is 1.76. The first-order chi connectivity index (χ1) is 6.68. The largest absolute Gasteiger partial charge is 0.480 e. The van der Waals surface area contributed by atoms with Crippen molar-refractivity contribution in [3.05, 3.63) is 34.9 Å². The molecule has 0 aliphatic carbocycles. The van der Waals surface area contributed by atoms with Gasteiger partial charge in [0.2, 0.25) is 0 Å². The lowest BCUT2D eigenvalue weighted by Crippen LogP contribution is -2.24. The van der Waals surface area contributed by atoms with Gasteiger partial charge in [0.15, 0.2) is 0 Å². The normalized spacial score (nSPS) is 10.1. The van der Waals surface area contributed by atoms with Crippen LogP contribution in [-0.4, -0.2) is 24.2 Å². The summed E-state index contributed by atoms with van der Waals surface area (Å²) in [6.45, 7) is 0.646. The lowest BCUT2D eigenvalue weighted by molar-refractivity contribution is -0.135. The second-order valence-electron chi connectivity index (χ2n) is 2.95. The van der Waals surface area contributed by atoms with Gasteiger partial charge in [-0.3, -0.25) is 4.79 Å². The number of carbonyl (C=O) groups is 1. The van der Waals surface area contributed by atoms with Crippen molar-refractivity contribution in [3.63, 3.8) is 0 Å². The Balaban J connectivity index is 2.28. The first-order valence-corrected chi connectivity index (χ1v) is 4.73. The molecule has 0 radical (unpaired) electrons. The van der Waals surface area contributed by atoms with Crippen molar-refractivity contribution < 1.29 is 9.90 Å². The Kier molecular flexibility index (Phi) is 4.43. The van der Waals surface area contributed by atoms with Gasteiger partial charge in [-0.2, -0.15) is 0 Å². The average Bonchev–Trinajstić information content (AvgIpc) is 2.12. The Morgan fingerprint density at radius 2 is 2.29 bits per heavy atom. The smallest absolute Gasteiger partial charge is 0.317 e. The van der Waals surface area contributed by atoms with Gasteiger partial charge in [-0.05, 0) is 30.7 Å². The van der Waals surface area contributed by atoms with Crippen LogP contribution in [0.25, 0.3) is 0 Å². The zero-order valence-electron chi connectivity index (χ0n) is 7.66. The number of halogens is 1. The second kappa shape index (κ2) is 5.62. The zero-order chi connectivity index (χ0) is 10.4. The molecule has 2 N–H and O–H groups in total. The first kappa shape index (κ1) is 11.0. The summed E-state index contributed by atoms with van der Waals surface area (Å²) in [4.78, 5) is 10.2. The number of nitrogens with one attached hydrogen (secondary N) is 1. The topological polar surface area (TPSA) is 49.3 Å². The molecule has 0 aliphatic heterocycles. The lowest BCUT2D eigenvalue weighted by atomic mass is 10.1. The molecule has 1 rings (SSSR count). The summed E-state index contributed by atoms with van der Waals surface area (Å²) in [6, 6.07) is 7.54. The number of hydrogen-bond donors (Lipinski definition) is 2. The van der Waals surface area contributed by atoms with Crippen LogP contribution in [0.3, 0.4) is 0 Å². The van der Waals surface area contributed by atoms with Gasteiger partial charge in [-0.25, -0.2) is 0 Å². The van der Waals surface area contributed by atoms with Crippen molar-refractivity contribution in [3.8, 4) is 0 Å². The van der Waals surface area contributed by atoms with Crippen LogP contribution >= 0.6 is 11.6 Å². The minimum atomic E-state index is -0.837. The van der Waals surface area contributed by atoms with Gasteiger partial charge < -0.3 is 10.4 Å². The van der Waals surface area contributed by atoms with Crippen molar-refractivity contribution in [1.82, 2.24) is 5.32 Å². The molecule has 0 heterocycles. The van der Waals surface area contributed by atoms with Crippen LogP contribution in [0.4, 0.5) is 0 Å². The first-order valence-electron chi connectivity index (χ1n) is 4.35. The molecule has 0 saturated carbocycles. The summed E-state index contributed by atoms with van der Waals surface area (Å²) in [5, 5.41) is 11.9. The summed E-state index contributed by atoms with van der Waals surface area (Å²) in [6.07, 6.45) is 0.786. The molecule has 0 spiro atoms. The number of carboxylic acid groups (broad SMARTS) is 1. The van der Waals surface area contributed by atoms with Crippen LogP contribution in [0.2, 0.25) is 5.02 Å². The van der Waals surface area contributed by atoms with Gasteiger partial charge in [-0.15, -0.1) is 0 Å². The third kappa shape index (κ3) is 4.25. The number of benzene rings is 1. The van der Waals surface area contributed by atoms with Crippen LogP contribution in [0.1, 0.15) is 5.56 Å². The number of carboxylic acids is 1. The SMILES string of the molecule is O=C(O)CNCCc1cccc(Cl)c1. The molecule has 4 heteroatoms. The predicted octanol–water partition coefficient (Wildman–Crippen LogP) is 1.56. The standard InChI is InChI=1S/C10H12ClNO2/c11-9-3-1-2-8(6-9)4-5-12-7-10(13)14/h1-3,6,12H,4-5,7H2,(H,13,14). The fourth-order valence-corrected chi connectivity index (χ4v) is 1.33. The van der Waals surface area contributed by atoms with E-state index in [-0.39, 0.29) is 6.54 Å². The molecular formula is C10H12ClNO2. The number of rotatable bonds is 5. The van der Waals surface area contributed by atoms with Crippen molar-refractivity contribution in [2.45, 2.75) is 6.42 Å². The molecule has 0 aromatic heterocycles. The second-order valence-corrected chi connectivity index (χ2v) is 3.39. The predicted molar refractivity (Wildman–Crippen MR) is 55.7 cm³/mol. The monoisotopic (exact) mass is 213 g/mol. The molecule has 0 saturated heterocycles. The molecule has 0 bridgehead atoms.